The maximum absolute atomic E-state index is 10.8. The Morgan fingerprint density at radius 3 is 2.63 bits per heavy atom. The Kier molecular flexibility index (Phi) is 6.52. The first kappa shape index (κ1) is 15.1. The van der Waals surface area contributed by atoms with E-state index in [1.165, 1.54) is 6.92 Å². The minimum absolute atomic E-state index is 0.0283. The molecule has 4 N–H and O–H groups in total. The van der Waals surface area contributed by atoms with E-state index in [1.807, 2.05) is 30.3 Å². The quantitative estimate of drug-likeness (QED) is 0.315. The topological polar surface area (TPSA) is 79.5 Å². The second-order valence-corrected chi connectivity index (χ2v) is 4.43. The lowest BCUT2D eigenvalue weighted by Gasteiger charge is -2.08. The molecule has 0 aliphatic heterocycles. The highest BCUT2D eigenvalue weighted by atomic mass is 32.1. The summed E-state index contributed by atoms with van der Waals surface area (Å²) in [7, 11) is 0. The number of hydrogen-bond donors (Lipinski definition) is 3. The van der Waals surface area contributed by atoms with Crippen LogP contribution < -0.4 is 16.5 Å². The molecule has 0 atom stereocenters. The Labute approximate surface area is 118 Å². The van der Waals surface area contributed by atoms with E-state index < -0.39 is 0 Å². The van der Waals surface area contributed by atoms with E-state index in [9.17, 15) is 4.79 Å². The Morgan fingerprint density at radius 2 is 2.05 bits per heavy atom. The van der Waals surface area contributed by atoms with Crippen molar-refractivity contribution in [2.45, 2.75) is 19.8 Å². The monoisotopic (exact) mass is 278 g/mol. The van der Waals surface area contributed by atoms with Crippen LogP contribution in [0.25, 0.3) is 0 Å². The van der Waals surface area contributed by atoms with Gasteiger partial charge in [0.1, 0.15) is 0 Å². The summed E-state index contributed by atoms with van der Waals surface area (Å²) < 4.78 is 0. The van der Waals surface area contributed by atoms with E-state index in [0.29, 0.717) is 6.54 Å². The Balaban J connectivity index is 2.63. The van der Waals surface area contributed by atoms with E-state index in [2.05, 4.69) is 15.8 Å². The van der Waals surface area contributed by atoms with Crippen molar-refractivity contribution in [2.24, 2.45) is 10.8 Å². The molecule has 0 saturated heterocycles. The Hall–Kier alpha value is -1.95. The average Bonchev–Trinajstić information content (AvgIpc) is 2.38. The van der Waals surface area contributed by atoms with E-state index in [1.54, 1.807) is 0 Å². The molecule has 0 spiro atoms. The first-order chi connectivity index (χ1) is 9.09. The van der Waals surface area contributed by atoms with Crippen molar-refractivity contribution in [2.75, 3.05) is 6.54 Å². The summed E-state index contributed by atoms with van der Waals surface area (Å²) in [6, 6.07) is 9.77. The van der Waals surface area contributed by atoms with Crippen LogP contribution in [0.3, 0.4) is 0 Å². The van der Waals surface area contributed by atoms with E-state index in [4.69, 9.17) is 18.0 Å². The van der Waals surface area contributed by atoms with Crippen LogP contribution >= 0.6 is 12.2 Å². The highest BCUT2D eigenvalue weighted by Gasteiger charge is 2.03. The summed E-state index contributed by atoms with van der Waals surface area (Å²) in [5.41, 5.74) is 9.84. The number of nitrogens with zero attached hydrogens (tertiary/aromatic N) is 1. The fourth-order valence-electron chi connectivity index (χ4n) is 1.54. The number of hydrazone groups is 1. The minimum atomic E-state index is -0.0283. The molecule has 102 valence electrons. The van der Waals surface area contributed by atoms with Crippen molar-refractivity contribution in [1.82, 2.24) is 10.7 Å². The lowest BCUT2D eigenvalue weighted by atomic mass is 10.1. The molecule has 1 aromatic carbocycles. The molecule has 0 aliphatic carbocycles. The summed E-state index contributed by atoms with van der Waals surface area (Å²) in [6.45, 7) is 2.12. The third-order valence-electron chi connectivity index (χ3n) is 2.37. The predicted molar refractivity (Wildman–Crippen MR) is 80.8 cm³/mol. The maximum atomic E-state index is 10.8. The molecule has 1 rings (SSSR count). The summed E-state index contributed by atoms with van der Waals surface area (Å²) in [5, 5.41) is 7.08. The highest BCUT2D eigenvalue weighted by molar-refractivity contribution is 7.80. The van der Waals surface area contributed by atoms with Gasteiger partial charge in [0.25, 0.3) is 0 Å². The van der Waals surface area contributed by atoms with Gasteiger partial charge in [0.05, 0.1) is 5.71 Å². The zero-order valence-corrected chi connectivity index (χ0v) is 11.7. The third-order valence-corrected chi connectivity index (χ3v) is 2.46. The lowest BCUT2D eigenvalue weighted by Crippen LogP contribution is -2.26. The summed E-state index contributed by atoms with van der Waals surface area (Å²) in [5.74, 6) is -0.0283. The standard InChI is InChI=1S/C13H18N4OS/c1-10(18)15-9-5-8-12(16-17-13(14)19)11-6-3-2-4-7-11/h2-4,6-7H,5,8-9H2,1H3,(H,15,18)(H3,14,17,19). The predicted octanol–water partition coefficient (Wildman–Crippen LogP) is 1.14. The zero-order chi connectivity index (χ0) is 14.1. The van der Waals surface area contributed by atoms with Gasteiger partial charge >= 0.3 is 0 Å². The molecular formula is C13H18N4OS. The molecule has 19 heavy (non-hydrogen) atoms. The number of thiocarbonyl (C=S) groups is 1. The molecule has 0 bridgehead atoms. The van der Waals surface area contributed by atoms with Gasteiger partial charge in [-0.25, -0.2) is 0 Å². The molecule has 0 unspecified atom stereocenters. The summed E-state index contributed by atoms with van der Waals surface area (Å²) >= 11 is 4.74. The van der Waals surface area contributed by atoms with Gasteiger partial charge in [0, 0.05) is 13.5 Å². The first-order valence-corrected chi connectivity index (χ1v) is 6.42. The second-order valence-electron chi connectivity index (χ2n) is 3.99. The summed E-state index contributed by atoms with van der Waals surface area (Å²) in [4.78, 5) is 10.8. The van der Waals surface area contributed by atoms with Gasteiger partial charge < -0.3 is 11.1 Å². The highest BCUT2D eigenvalue weighted by Crippen LogP contribution is 2.06. The number of hydrogen-bond acceptors (Lipinski definition) is 3. The number of amides is 1. The van der Waals surface area contributed by atoms with Gasteiger partial charge in [-0.3, -0.25) is 10.2 Å². The van der Waals surface area contributed by atoms with Crippen LogP contribution in [-0.4, -0.2) is 23.3 Å². The van der Waals surface area contributed by atoms with E-state index in [0.717, 1.165) is 24.1 Å². The molecule has 5 nitrogen and oxygen atoms in total. The number of carbonyl (C=O) groups excluding carboxylic acids is 1. The lowest BCUT2D eigenvalue weighted by molar-refractivity contribution is -0.118. The van der Waals surface area contributed by atoms with Crippen molar-refractivity contribution >= 4 is 28.9 Å². The van der Waals surface area contributed by atoms with Crippen LogP contribution in [0.2, 0.25) is 0 Å². The van der Waals surface area contributed by atoms with Gasteiger partial charge in [0.15, 0.2) is 5.11 Å². The molecule has 6 heteroatoms. The Bertz CT molecular complexity index is 459. The molecule has 0 fully saturated rings. The van der Waals surface area contributed by atoms with Crippen molar-refractivity contribution in [1.29, 1.82) is 0 Å². The van der Waals surface area contributed by atoms with Crippen molar-refractivity contribution in [3.05, 3.63) is 35.9 Å². The zero-order valence-electron chi connectivity index (χ0n) is 10.8. The number of rotatable bonds is 6. The average molecular weight is 278 g/mol. The van der Waals surface area contributed by atoms with Crippen LogP contribution in [0, 0.1) is 0 Å². The molecule has 0 aliphatic rings. The maximum Gasteiger partial charge on any atom is 0.216 e. The van der Waals surface area contributed by atoms with Crippen LogP contribution in [0.1, 0.15) is 25.3 Å². The number of nitrogens with two attached hydrogens (primary N) is 1. The molecule has 0 heterocycles. The fourth-order valence-corrected chi connectivity index (χ4v) is 1.58. The molecular weight excluding hydrogens is 260 g/mol. The van der Waals surface area contributed by atoms with Crippen LogP contribution in [-0.2, 0) is 4.79 Å². The molecule has 0 radical (unpaired) electrons. The summed E-state index contributed by atoms with van der Waals surface area (Å²) in [6.07, 6.45) is 1.52. The van der Waals surface area contributed by atoms with Crippen LogP contribution in [0.4, 0.5) is 0 Å². The van der Waals surface area contributed by atoms with Gasteiger partial charge in [-0.05, 0) is 30.6 Å². The van der Waals surface area contributed by atoms with Crippen molar-refractivity contribution < 1.29 is 4.79 Å². The Morgan fingerprint density at radius 1 is 1.37 bits per heavy atom. The van der Waals surface area contributed by atoms with E-state index >= 15 is 0 Å². The SMILES string of the molecule is CC(=O)NCCCC(=NNC(N)=S)c1ccccc1. The van der Waals surface area contributed by atoms with Crippen molar-refractivity contribution in [3.8, 4) is 0 Å². The third kappa shape index (κ3) is 6.52. The van der Waals surface area contributed by atoms with Gasteiger partial charge in [0.2, 0.25) is 5.91 Å². The smallest absolute Gasteiger partial charge is 0.216 e. The number of benzene rings is 1. The van der Waals surface area contributed by atoms with Gasteiger partial charge in [-0.15, -0.1) is 0 Å². The van der Waals surface area contributed by atoms with Crippen LogP contribution in [0.15, 0.2) is 35.4 Å². The molecule has 0 saturated carbocycles. The van der Waals surface area contributed by atoms with Gasteiger partial charge in [-0.1, -0.05) is 30.3 Å². The number of nitrogens with one attached hydrogen (secondary N) is 2. The van der Waals surface area contributed by atoms with E-state index in [-0.39, 0.29) is 11.0 Å². The largest absolute Gasteiger partial charge is 0.375 e. The molecule has 1 amide bonds. The minimum Gasteiger partial charge on any atom is -0.375 e. The normalized spacial score (nSPS) is 10.9. The number of carbonyl (C=O) groups is 1. The second kappa shape index (κ2) is 8.20. The van der Waals surface area contributed by atoms with Crippen molar-refractivity contribution in [3.63, 3.8) is 0 Å². The molecule has 1 aromatic rings. The van der Waals surface area contributed by atoms with Crippen LogP contribution in [0.5, 0.6) is 0 Å². The first-order valence-electron chi connectivity index (χ1n) is 6.01. The van der Waals surface area contributed by atoms with Gasteiger partial charge in [-0.2, -0.15) is 5.10 Å². The fraction of sp³-hybridized carbons (Fsp3) is 0.308. The molecule has 0 aromatic heterocycles.